The van der Waals surface area contributed by atoms with Crippen LogP contribution in [-0.2, 0) is 12.0 Å². The predicted octanol–water partition coefficient (Wildman–Crippen LogP) is 2.38. The molecule has 3 aromatic rings. The van der Waals surface area contributed by atoms with Crippen molar-refractivity contribution in [1.82, 2.24) is 24.7 Å². The van der Waals surface area contributed by atoms with Gasteiger partial charge in [-0.25, -0.2) is 4.68 Å². The molecule has 0 radical (unpaired) electrons. The summed E-state index contributed by atoms with van der Waals surface area (Å²) in [5.74, 6) is 0.512. The lowest BCUT2D eigenvalue weighted by molar-refractivity contribution is 0.0944. The maximum absolute atomic E-state index is 13.6. The second kappa shape index (κ2) is 11.8. The van der Waals surface area contributed by atoms with Gasteiger partial charge in [0, 0.05) is 43.3 Å². The van der Waals surface area contributed by atoms with Crippen LogP contribution in [0, 0.1) is 13.8 Å². The van der Waals surface area contributed by atoms with E-state index in [4.69, 9.17) is 14.6 Å². The Morgan fingerprint density at radius 1 is 1.16 bits per heavy atom. The fraction of sp³-hybridized carbons (Fsp3) is 0.519. The minimum Gasteiger partial charge on any atom is -0.493 e. The van der Waals surface area contributed by atoms with Crippen molar-refractivity contribution < 1.29 is 24.2 Å². The number of nitrogens with one attached hydrogen (secondary N) is 1. The molecule has 0 atom stereocenters. The zero-order valence-electron chi connectivity index (χ0n) is 23.5. The van der Waals surface area contributed by atoms with Crippen LogP contribution in [0.15, 0.2) is 17.1 Å². The molecule has 0 fully saturated rings. The van der Waals surface area contributed by atoms with Gasteiger partial charge in [-0.1, -0.05) is 20.8 Å². The Balaban J connectivity index is 2.10. The summed E-state index contributed by atoms with van der Waals surface area (Å²) in [5.41, 5.74) is 3.56. The normalized spacial score (nSPS) is 12.2. The third-order valence-electron chi connectivity index (χ3n) is 6.28. The molecule has 0 aliphatic heterocycles. The highest BCUT2D eigenvalue weighted by Gasteiger charge is 2.26. The fourth-order valence-electron chi connectivity index (χ4n) is 4.14. The standard InChI is InChI=1S/C27H38N6O5/c1-9-29-25(36)22-16(2)17(3)24-31-32(26(28-7)33(24)30-22)15-20(35)18-13-19(27(4,5)6)23(37-8)21(14-18)38-12-10-11-34/h13-14,34H,9-12,15H2,1-8H3,(H,29,36)/b28-26+. The second-order valence-electron chi connectivity index (χ2n) is 10.0. The summed E-state index contributed by atoms with van der Waals surface area (Å²) < 4.78 is 14.5. The summed E-state index contributed by atoms with van der Waals surface area (Å²) in [4.78, 5) is 30.5. The number of aromatic nitrogens is 4. The van der Waals surface area contributed by atoms with Gasteiger partial charge in [-0.3, -0.25) is 14.6 Å². The van der Waals surface area contributed by atoms with Crippen molar-refractivity contribution in [1.29, 1.82) is 0 Å². The van der Waals surface area contributed by atoms with Gasteiger partial charge in [0.15, 0.2) is 28.6 Å². The molecule has 1 amide bonds. The third kappa shape index (κ3) is 5.72. The average Bonchev–Trinajstić information content (AvgIpc) is 3.22. The first-order valence-electron chi connectivity index (χ1n) is 12.7. The number of aliphatic hydroxyl groups excluding tert-OH is 1. The van der Waals surface area contributed by atoms with Gasteiger partial charge in [0.1, 0.15) is 6.54 Å². The molecule has 2 heterocycles. The molecule has 11 heteroatoms. The van der Waals surface area contributed by atoms with Crippen molar-refractivity contribution in [2.24, 2.45) is 4.99 Å². The van der Waals surface area contributed by atoms with E-state index in [0.29, 0.717) is 46.9 Å². The maximum atomic E-state index is 13.6. The molecule has 11 nitrogen and oxygen atoms in total. The highest BCUT2D eigenvalue weighted by atomic mass is 16.5. The first-order valence-corrected chi connectivity index (χ1v) is 12.7. The molecule has 38 heavy (non-hydrogen) atoms. The van der Waals surface area contributed by atoms with Crippen LogP contribution in [0.3, 0.4) is 0 Å². The molecule has 0 saturated carbocycles. The van der Waals surface area contributed by atoms with Gasteiger partial charge < -0.3 is 19.9 Å². The summed E-state index contributed by atoms with van der Waals surface area (Å²) in [6, 6.07) is 3.48. The Bertz CT molecular complexity index is 1410. The summed E-state index contributed by atoms with van der Waals surface area (Å²) in [6.45, 7) is 12.3. The van der Waals surface area contributed by atoms with E-state index in [9.17, 15) is 9.59 Å². The second-order valence-corrected chi connectivity index (χ2v) is 10.0. The number of ether oxygens (including phenoxy) is 2. The molecule has 3 rings (SSSR count). The van der Waals surface area contributed by atoms with E-state index in [1.807, 2.05) is 47.6 Å². The summed E-state index contributed by atoms with van der Waals surface area (Å²) >= 11 is 0. The minimum atomic E-state index is -0.328. The lowest BCUT2D eigenvalue weighted by Gasteiger charge is -2.25. The van der Waals surface area contributed by atoms with Crippen LogP contribution < -0.4 is 20.4 Å². The number of rotatable bonds is 10. The van der Waals surface area contributed by atoms with Crippen molar-refractivity contribution in [2.45, 2.75) is 59.9 Å². The van der Waals surface area contributed by atoms with Gasteiger partial charge >= 0.3 is 0 Å². The van der Waals surface area contributed by atoms with Crippen LogP contribution in [0.25, 0.3) is 5.65 Å². The summed E-state index contributed by atoms with van der Waals surface area (Å²) in [6.07, 6.45) is 0.453. The molecular formula is C27H38N6O5. The maximum Gasteiger partial charge on any atom is 0.272 e. The Hall–Kier alpha value is -3.73. The van der Waals surface area contributed by atoms with E-state index < -0.39 is 0 Å². The summed E-state index contributed by atoms with van der Waals surface area (Å²) in [7, 11) is 3.16. The Labute approximate surface area is 222 Å². The van der Waals surface area contributed by atoms with Crippen LogP contribution in [0.2, 0.25) is 0 Å². The van der Waals surface area contributed by atoms with Crippen LogP contribution in [0.5, 0.6) is 11.5 Å². The molecule has 0 aliphatic carbocycles. The Kier molecular flexibility index (Phi) is 8.93. The van der Waals surface area contributed by atoms with E-state index in [2.05, 4.69) is 20.5 Å². The minimum absolute atomic E-state index is 0.00434. The molecule has 2 N–H and O–H groups in total. The SMILES string of the molecule is CCNC(=O)c1nn2/c(=N/C)n(CC(=O)c3cc(OCCCO)c(OC)c(C(C)(C)C)c3)nc2c(C)c1C. The molecular weight excluding hydrogens is 488 g/mol. The van der Waals surface area contributed by atoms with E-state index in [1.54, 1.807) is 20.2 Å². The number of Topliss-reactive ketones (excluding diaryl/α,β-unsaturated/α-hetero) is 1. The smallest absolute Gasteiger partial charge is 0.272 e. The highest BCUT2D eigenvalue weighted by molar-refractivity contribution is 5.97. The molecule has 0 aliphatic rings. The van der Waals surface area contributed by atoms with Crippen LogP contribution in [0.4, 0.5) is 0 Å². The van der Waals surface area contributed by atoms with Crippen LogP contribution >= 0.6 is 0 Å². The molecule has 2 aromatic heterocycles. The number of carbonyl (C=O) groups is 2. The van der Waals surface area contributed by atoms with Crippen molar-refractivity contribution >= 4 is 17.3 Å². The van der Waals surface area contributed by atoms with E-state index in [1.165, 1.54) is 9.20 Å². The average molecular weight is 527 g/mol. The molecule has 0 spiro atoms. The van der Waals surface area contributed by atoms with Gasteiger partial charge in [-0.2, -0.15) is 9.61 Å². The molecule has 1 aromatic carbocycles. The number of aryl methyl sites for hydroxylation is 1. The molecule has 0 unspecified atom stereocenters. The monoisotopic (exact) mass is 526 g/mol. The Morgan fingerprint density at radius 2 is 1.87 bits per heavy atom. The largest absolute Gasteiger partial charge is 0.493 e. The van der Waals surface area contributed by atoms with Gasteiger partial charge in [0.05, 0.1) is 13.7 Å². The number of amides is 1. The first-order chi connectivity index (χ1) is 18.0. The lowest BCUT2D eigenvalue weighted by Crippen LogP contribution is -2.30. The van der Waals surface area contributed by atoms with Crippen molar-refractivity contribution in [3.8, 4) is 11.5 Å². The van der Waals surface area contributed by atoms with E-state index in [-0.39, 0.29) is 42.6 Å². The zero-order valence-corrected chi connectivity index (χ0v) is 23.5. The lowest BCUT2D eigenvalue weighted by atomic mass is 9.84. The molecule has 0 bridgehead atoms. The topological polar surface area (TPSA) is 132 Å². The van der Waals surface area contributed by atoms with Crippen LogP contribution in [0.1, 0.15) is 71.7 Å². The number of hydrogen-bond acceptors (Lipinski definition) is 8. The van der Waals surface area contributed by atoms with Gasteiger partial charge in [-0.15, -0.1) is 5.10 Å². The van der Waals surface area contributed by atoms with Crippen molar-refractivity contribution in [3.63, 3.8) is 0 Å². The fourth-order valence-corrected chi connectivity index (χ4v) is 4.14. The third-order valence-corrected chi connectivity index (χ3v) is 6.28. The van der Waals surface area contributed by atoms with Gasteiger partial charge in [0.25, 0.3) is 5.91 Å². The number of ketones is 1. The number of methoxy groups -OCH3 is 1. The van der Waals surface area contributed by atoms with Gasteiger partial charge in [0.2, 0.25) is 5.62 Å². The van der Waals surface area contributed by atoms with Crippen molar-refractivity contribution in [3.05, 3.63) is 45.7 Å². The van der Waals surface area contributed by atoms with Gasteiger partial charge in [-0.05, 0) is 43.9 Å². The number of benzene rings is 1. The number of hydrogen-bond donors (Lipinski definition) is 2. The summed E-state index contributed by atoms with van der Waals surface area (Å²) in [5, 5.41) is 21.1. The van der Waals surface area contributed by atoms with Crippen LogP contribution in [-0.4, -0.2) is 70.1 Å². The van der Waals surface area contributed by atoms with E-state index in [0.717, 1.165) is 11.1 Å². The quantitative estimate of drug-likeness (QED) is 0.306. The molecule has 206 valence electrons. The highest BCUT2D eigenvalue weighted by Crippen LogP contribution is 2.40. The van der Waals surface area contributed by atoms with Crippen molar-refractivity contribution in [2.75, 3.05) is 33.9 Å². The van der Waals surface area contributed by atoms with E-state index >= 15 is 0 Å². The zero-order chi connectivity index (χ0) is 28.2. The molecule has 0 saturated heterocycles. The number of aliphatic hydroxyl groups is 1. The number of nitrogens with zero attached hydrogens (tertiary/aromatic N) is 5. The number of carbonyl (C=O) groups excluding carboxylic acids is 2. The first kappa shape index (κ1) is 28.8. The predicted molar refractivity (Wildman–Crippen MR) is 143 cm³/mol. The number of fused-ring (bicyclic) bond motifs is 1. The Morgan fingerprint density at radius 3 is 2.45 bits per heavy atom.